The van der Waals surface area contributed by atoms with Crippen molar-refractivity contribution in [2.24, 2.45) is 0 Å². The number of hydrogen-bond acceptors (Lipinski definition) is 1. The summed E-state index contributed by atoms with van der Waals surface area (Å²) in [5.74, 6) is 0. The fraction of sp³-hybridized carbons (Fsp3) is 0.0137. The fourth-order valence-corrected chi connectivity index (χ4v) is 12.3. The summed E-state index contributed by atoms with van der Waals surface area (Å²) >= 11 is 0. The Labute approximate surface area is 432 Å². The zero-order valence-electron chi connectivity index (χ0n) is 40.7. The lowest BCUT2D eigenvalue weighted by Gasteiger charge is -2.34. The Morgan fingerprint density at radius 1 is 0.243 bits per heavy atom. The molecule has 13 aromatic carbocycles. The van der Waals surface area contributed by atoms with Crippen LogP contribution in [0.5, 0.6) is 0 Å². The van der Waals surface area contributed by atoms with E-state index in [9.17, 15) is 0 Å². The molecule has 346 valence electrons. The number of hydrogen-bond donors (Lipinski definition) is 0. The largest absolute Gasteiger partial charge is 0.310 e. The third-order valence-electron chi connectivity index (χ3n) is 15.5. The monoisotopic (exact) mass is 939 g/mol. The summed E-state index contributed by atoms with van der Waals surface area (Å²) < 4.78 is 0. The molecule has 1 heteroatoms. The Balaban J connectivity index is 1.01. The second-order valence-electron chi connectivity index (χ2n) is 19.5. The van der Waals surface area contributed by atoms with Crippen molar-refractivity contribution in [3.63, 3.8) is 0 Å². The molecule has 0 heterocycles. The van der Waals surface area contributed by atoms with Crippen molar-refractivity contribution < 1.29 is 0 Å². The lowest BCUT2D eigenvalue weighted by Crippen LogP contribution is -2.28. The molecule has 0 saturated heterocycles. The lowest BCUT2D eigenvalue weighted by molar-refractivity contribution is 0.768. The van der Waals surface area contributed by atoms with Gasteiger partial charge in [0.05, 0.1) is 11.1 Å². The summed E-state index contributed by atoms with van der Waals surface area (Å²) in [5, 5.41) is 7.43. The first-order chi connectivity index (χ1) is 36.7. The SMILES string of the molecule is c1ccc(-c2c(-c3ccccc3)c3cc(-c4cccc(N(c5cccc(-c6ccc7ccccc7c6)c5)c5cccc6c5-c5ccccc5C6(c5ccccc5)c5ccccc5)c4)ccc3c3ccccc23)cc1. The topological polar surface area (TPSA) is 3.24 Å². The van der Waals surface area contributed by atoms with Gasteiger partial charge in [-0.2, -0.15) is 0 Å². The average molecular weight is 940 g/mol. The molecular formula is C73H49N. The van der Waals surface area contributed by atoms with Crippen molar-refractivity contribution in [3.05, 3.63) is 320 Å². The van der Waals surface area contributed by atoms with Gasteiger partial charge in [0, 0.05) is 16.9 Å². The highest BCUT2D eigenvalue weighted by Gasteiger charge is 2.47. The molecular weight excluding hydrogens is 891 g/mol. The maximum absolute atomic E-state index is 2.51. The number of fused-ring (bicyclic) bond motifs is 7. The van der Waals surface area contributed by atoms with Crippen LogP contribution >= 0.6 is 0 Å². The van der Waals surface area contributed by atoms with E-state index in [1.54, 1.807) is 0 Å². The van der Waals surface area contributed by atoms with Crippen LogP contribution in [0, 0.1) is 0 Å². The van der Waals surface area contributed by atoms with Gasteiger partial charge in [-0.1, -0.05) is 255 Å². The average Bonchev–Trinajstić information content (AvgIpc) is 3.89. The van der Waals surface area contributed by atoms with Gasteiger partial charge < -0.3 is 4.90 Å². The first kappa shape index (κ1) is 43.2. The number of anilines is 3. The highest BCUT2D eigenvalue weighted by Crippen LogP contribution is 2.60. The van der Waals surface area contributed by atoms with Crippen molar-refractivity contribution in [3.8, 4) is 55.6 Å². The van der Waals surface area contributed by atoms with Gasteiger partial charge in [-0.05, 0) is 147 Å². The van der Waals surface area contributed by atoms with E-state index in [0.717, 1.165) is 33.8 Å². The van der Waals surface area contributed by atoms with Gasteiger partial charge in [0.2, 0.25) is 0 Å². The van der Waals surface area contributed by atoms with Crippen molar-refractivity contribution in [2.75, 3.05) is 4.90 Å². The zero-order chi connectivity index (χ0) is 49.0. The molecule has 0 unspecified atom stereocenters. The van der Waals surface area contributed by atoms with Gasteiger partial charge in [-0.25, -0.2) is 0 Å². The molecule has 0 spiro atoms. The Kier molecular flexibility index (Phi) is 10.5. The Morgan fingerprint density at radius 2 is 0.703 bits per heavy atom. The maximum Gasteiger partial charge on any atom is 0.0714 e. The molecule has 0 aromatic heterocycles. The van der Waals surface area contributed by atoms with E-state index in [-0.39, 0.29) is 0 Å². The van der Waals surface area contributed by atoms with E-state index in [0.29, 0.717) is 0 Å². The van der Waals surface area contributed by atoms with Crippen molar-refractivity contribution in [1.29, 1.82) is 0 Å². The van der Waals surface area contributed by atoms with Gasteiger partial charge >= 0.3 is 0 Å². The molecule has 74 heavy (non-hydrogen) atoms. The molecule has 0 atom stereocenters. The molecule has 0 saturated carbocycles. The molecule has 1 aliphatic carbocycles. The van der Waals surface area contributed by atoms with E-state index in [2.05, 4.69) is 302 Å². The van der Waals surface area contributed by atoms with Crippen LogP contribution < -0.4 is 4.90 Å². The second kappa shape index (κ2) is 17.9. The molecule has 1 nitrogen and oxygen atoms in total. The maximum atomic E-state index is 2.51. The summed E-state index contributed by atoms with van der Waals surface area (Å²) in [4.78, 5) is 2.51. The van der Waals surface area contributed by atoms with Gasteiger partial charge in [-0.15, -0.1) is 0 Å². The smallest absolute Gasteiger partial charge is 0.0714 e. The summed E-state index contributed by atoms with van der Waals surface area (Å²) in [7, 11) is 0. The molecule has 0 bridgehead atoms. The van der Waals surface area contributed by atoms with E-state index in [1.165, 1.54) is 93.5 Å². The Bertz CT molecular complexity index is 4200. The third-order valence-corrected chi connectivity index (χ3v) is 15.5. The Hall–Kier alpha value is -9.56. The summed E-state index contributed by atoms with van der Waals surface area (Å²) in [6.45, 7) is 0. The second-order valence-corrected chi connectivity index (χ2v) is 19.5. The van der Waals surface area contributed by atoms with Crippen LogP contribution in [0.15, 0.2) is 297 Å². The van der Waals surface area contributed by atoms with E-state index in [4.69, 9.17) is 0 Å². The fourth-order valence-electron chi connectivity index (χ4n) is 12.3. The highest BCUT2D eigenvalue weighted by molar-refractivity contribution is 6.22. The van der Waals surface area contributed by atoms with Crippen molar-refractivity contribution >= 4 is 49.4 Å². The number of benzene rings is 13. The van der Waals surface area contributed by atoms with Crippen molar-refractivity contribution in [1.82, 2.24) is 0 Å². The molecule has 0 fully saturated rings. The highest BCUT2D eigenvalue weighted by atomic mass is 15.1. The first-order valence-electron chi connectivity index (χ1n) is 25.7. The minimum Gasteiger partial charge on any atom is -0.310 e. The van der Waals surface area contributed by atoms with E-state index < -0.39 is 5.41 Å². The van der Waals surface area contributed by atoms with Gasteiger partial charge in [-0.3, -0.25) is 0 Å². The van der Waals surface area contributed by atoms with Gasteiger partial charge in [0.25, 0.3) is 0 Å². The third kappa shape index (κ3) is 7.00. The quantitative estimate of drug-likeness (QED) is 0.130. The van der Waals surface area contributed by atoms with Crippen LogP contribution in [-0.4, -0.2) is 0 Å². The van der Waals surface area contributed by atoms with Gasteiger partial charge in [0.1, 0.15) is 0 Å². The minimum absolute atomic E-state index is 0.546. The Morgan fingerprint density at radius 3 is 1.36 bits per heavy atom. The van der Waals surface area contributed by atoms with Crippen LogP contribution in [0.25, 0.3) is 88.0 Å². The van der Waals surface area contributed by atoms with Crippen LogP contribution in [0.4, 0.5) is 17.1 Å². The van der Waals surface area contributed by atoms with Crippen LogP contribution in [0.3, 0.4) is 0 Å². The minimum atomic E-state index is -0.546. The normalized spacial score (nSPS) is 12.4. The van der Waals surface area contributed by atoms with E-state index in [1.807, 2.05) is 0 Å². The standard InChI is InChI=1S/C73H49N/c1-5-23-51(24-6-1)70-64-37-16-15-36-62(64)63-45-44-57(49-66(63)71(70)52-25-7-2-8-26-52)55-29-20-35-61(48-55)74(60-34-19-28-54(47-60)56-43-42-50-22-13-14-27-53(50)46-56)69-41-21-40-68-72(69)65-38-17-18-39-67(65)73(68,58-30-9-3-10-31-58)59-32-11-4-12-33-59/h1-49H. The summed E-state index contributed by atoms with van der Waals surface area (Å²) in [6.07, 6.45) is 0. The van der Waals surface area contributed by atoms with Crippen LogP contribution in [-0.2, 0) is 5.41 Å². The predicted octanol–water partition coefficient (Wildman–Crippen LogP) is 19.6. The van der Waals surface area contributed by atoms with E-state index >= 15 is 0 Å². The molecule has 0 N–H and O–H groups in total. The van der Waals surface area contributed by atoms with Crippen molar-refractivity contribution in [2.45, 2.75) is 5.41 Å². The molecule has 0 amide bonds. The molecule has 14 rings (SSSR count). The predicted molar refractivity (Wildman–Crippen MR) is 313 cm³/mol. The lowest BCUT2D eigenvalue weighted by atomic mass is 9.68. The molecule has 1 aliphatic rings. The van der Waals surface area contributed by atoms with Crippen LogP contribution in [0.1, 0.15) is 22.3 Å². The first-order valence-corrected chi connectivity index (χ1v) is 25.7. The number of rotatable bonds is 9. The number of nitrogens with zero attached hydrogens (tertiary/aromatic N) is 1. The summed E-state index contributed by atoms with van der Waals surface area (Å²) in [5.41, 5.74) is 19.8. The summed E-state index contributed by atoms with van der Waals surface area (Å²) in [6, 6.07) is 110. The zero-order valence-corrected chi connectivity index (χ0v) is 40.7. The van der Waals surface area contributed by atoms with Crippen LogP contribution in [0.2, 0.25) is 0 Å². The molecule has 0 aliphatic heterocycles. The van der Waals surface area contributed by atoms with Gasteiger partial charge in [0.15, 0.2) is 0 Å². The molecule has 13 aromatic rings. The molecule has 0 radical (unpaired) electrons.